The third-order valence-corrected chi connectivity index (χ3v) is 4.47. The highest BCUT2D eigenvalue weighted by Gasteiger charge is 2.18. The zero-order valence-corrected chi connectivity index (χ0v) is 12.9. The molecule has 18 heavy (non-hydrogen) atoms. The molecule has 0 bridgehead atoms. The van der Waals surface area contributed by atoms with E-state index in [0.717, 1.165) is 22.8 Å². The van der Waals surface area contributed by atoms with Crippen LogP contribution in [0.15, 0.2) is 22.7 Å². The number of ether oxygens (including phenoxy) is 1. The Bertz CT molecular complexity index is 388. The van der Waals surface area contributed by atoms with Crippen LogP contribution in [0.4, 0.5) is 0 Å². The summed E-state index contributed by atoms with van der Waals surface area (Å²) in [5.74, 6) is 0.902. The van der Waals surface area contributed by atoms with E-state index in [2.05, 4.69) is 40.0 Å². The summed E-state index contributed by atoms with van der Waals surface area (Å²) in [6.07, 6.45) is 6.91. The first kappa shape index (κ1) is 13.9. The van der Waals surface area contributed by atoms with Gasteiger partial charge in [0.25, 0.3) is 0 Å². The molecule has 2 nitrogen and oxygen atoms in total. The fourth-order valence-electron chi connectivity index (χ4n) is 2.75. The molecule has 0 aliphatic heterocycles. The van der Waals surface area contributed by atoms with Gasteiger partial charge >= 0.3 is 0 Å². The summed E-state index contributed by atoms with van der Waals surface area (Å²) in [6, 6.07) is 7.12. The van der Waals surface area contributed by atoms with Crippen molar-refractivity contribution < 1.29 is 4.74 Å². The normalized spacial score (nSPS) is 17.1. The van der Waals surface area contributed by atoms with Gasteiger partial charge < -0.3 is 4.74 Å². The van der Waals surface area contributed by atoms with Crippen molar-refractivity contribution in [3.05, 3.63) is 28.2 Å². The zero-order valence-electron chi connectivity index (χ0n) is 11.3. The van der Waals surface area contributed by atoms with Crippen molar-refractivity contribution in [2.24, 2.45) is 0 Å². The molecule has 0 spiro atoms. The summed E-state index contributed by atoms with van der Waals surface area (Å²) in [6.45, 7) is 1.02. The average molecular weight is 312 g/mol. The minimum absolute atomic E-state index is 0.764. The first-order chi connectivity index (χ1) is 8.70. The molecule has 1 aromatic carbocycles. The number of hydrogen-bond acceptors (Lipinski definition) is 2. The van der Waals surface area contributed by atoms with Crippen LogP contribution in [0.1, 0.15) is 37.7 Å². The highest BCUT2D eigenvalue weighted by Crippen LogP contribution is 2.27. The van der Waals surface area contributed by atoms with Gasteiger partial charge in [-0.05, 0) is 53.5 Å². The Labute approximate surface area is 118 Å². The molecule has 1 aromatic rings. The van der Waals surface area contributed by atoms with E-state index in [4.69, 9.17) is 4.74 Å². The molecule has 1 fully saturated rings. The maximum atomic E-state index is 5.26. The monoisotopic (exact) mass is 311 g/mol. The van der Waals surface area contributed by atoms with Gasteiger partial charge in [0.2, 0.25) is 0 Å². The zero-order chi connectivity index (χ0) is 13.0. The van der Waals surface area contributed by atoms with Gasteiger partial charge in [-0.25, -0.2) is 0 Å². The SMILES string of the molecule is COc1ccc(CN(C)C2CCCCC2)cc1Br. The lowest BCUT2D eigenvalue weighted by Crippen LogP contribution is -2.32. The van der Waals surface area contributed by atoms with Crippen LogP contribution in [0, 0.1) is 0 Å². The van der Waals surface area contributed by atoms with Crippen LogP contribution in [0.2, 0.25) is 0 Å². The first-order valence-corrected chi connectivity index (χ1v) is 7.52. The van der Waals surface area contributed by atoms with Crippen LogP contribution < -0.4 is 4.74 Å². The molecule has 0 aromatic heterocycles. The predicted octanol–water partition coefficient (Wildman–Crippen LogP) is 4.22. The highest BCUT2D eigenvalue weighted by atomic mass is 79.9. The summed E-state index contributed by atoms with van der Waals surface area (Å²) >= 11 is 3.55. The molecular weight excluding hydrogens is 290 g/mol. The van der Waals surface area contributed by atoms with E-state index in [1.165, 1.54) is 37.7 Å². The minimum atomic E-state index is 0.764. The maximum Gasteiger partial charge on any atom is 0.133 e. The van der Waals surface area contributed by atoms with Gasteiger partial charge in [0.15, 0.2) is 0 Å². The van der Waals surface area contributed by atoms with Crippen molar-refractivity contribution in [2.45, 2.75) is 44.7 Å². The molecule has 0 amide bonds. The van der Waals surface area contributed by atoms with Crippen LogP contribution in [0.5, 0.6) is 5.75 Å². The van der Waals surface area contributed by atoms with Crippen LogP contribution in [-0.2, 0) is 6.54 Å². The van der Waals surface area contributed by atoms with Gasteiger partial charge in [-0.3, -0.25) is 4.90 Å². The summed E-state index contributed by atoms with van der Waals surface area (Å²) < 4.78 is 6.30. The smallest absolute Gasteiger partial charge is 0.133 e. The van der Waals surface area contributed by atoms with Crippen LogP contribution in [0.25, 0.3) is 0 Å². The van der Waals surface area contributed by atoms with Gasteiger partial charge in [-0.1, -0.05) is 25.3 Å². The Balaban J connectivity index is 1.97. The molecule has 0 N–H and O–H groups in total. The van der Waals surface area contributed by atoms with Crippen molar-refractivity contribution in [1.29, 1.82) is 0 Å². The minimum Gasteiger partial charge on any atom is -0.496 e. The summed E-state index contributed by atoms with van der Waals surface area (Å²) in [5, 5.41) is 0. The van der Waals surface area contributed by atoms with E-state index >= 15 is 0 Å². The molecule has 1 aliphatic rings. The van der Waals surface area contributed by atoms with Gasteiger partial charge in [0.1, 0.15) is 5.75 Å². The fraction of sp³-hybridized carbons (Fsp3) is 0.600. The molecule has 0 saturated heterocycles. The second kappa shape index (κ2) is 6.58. The number of methoxy groups -OCH3 is 1. The lowest BCUT2D eigenvalue weighted by molar-refractivity contribution is 0.184. The molecule has 2 rings (SSSR count). The average Bonchev–Trinajstić information content (AvgIpc) is 2.40. The largest absolute Gasteiger partial charge is 0.496 e. The third kappa shape index (κ3) is 3.48. The highest BCUT2D eigenvalue weighted by molar-refractivity contribution is 9.10. The number of benzene rings is 1. The van der Waals surface area contributed by atoms with E-state index in [9.17, 15) is 0 Å². The molecular formula is C15H22BrNO. The summed E-state index contributed by atoms with van der Waals surface area (Å²) in [5.41, 5.74) is 1.34. The molecule has 1 aliphatic carbocycles. The van der Waals surface area contributed by atoms with Crippen LogP contribution >= 0.6 is 15.9 Å². The Morgan fingerprint density at radius 2 is 2.00 bits per heavy atom. The molecule has 0 unspecified atom stereocenters. The summed E-state index contributed by atoms with van der Waals surface area (Å²) in [7, 11) is 3.95. The van der Waals surface area contributed by atoms with Gasteiger partial charge in [0.05, 0.1) is 11.6 Å². The van der Waals surface area contributed by atoms with Crippen LogP contribution in [-0.4, -0.2) is 25.1 Å². The van der Waals surface area contributed by atoms with E-state index in [1.807, 2.05) is 6.07 Å². The molecule has 0 atom stereocenters. The maximum absolute atomic E-state index is 5.26. The summed E-state index contributed by atoms with van der Waals surface area (Å²) in [4.78, 5) is 2.49. The Morgan fingerprint density at radius 1 is 1.28 bits per heavy atom. The fourth-order valence-corrected chi connectivity index (χ4v) is 3.34. The van der Waals surface area contributed by atoms with Gasteiger partial charge in [-0.2, -0.15) is 0 Å². The van der Waals surface area contributed by atoms with E-state index in [-0.39, 0.29) is 0 Å². The molecule has 0 radical (unpaired) electrons. The van der Waals surface area contributed by atoms with E-state index in [0.29, 0.717) is 0 Å². The predicted molar refractivity (Wildman–Crippen MR) is 79.0 cm³/mol. The van der Waals surface area contributed by atoms with Crippen molar-refractivity contribution in [1.82, 2.24) is 4.90 Å². The van der Waals surface area contributed by atoms with Gasteiger partial charge in [0, 0.05) is 12.6 Å². The molecule has 100 valence electrons. The standard InChI is InChI=1S/C15H22BrNO/c1-17(13-6-4-3-5-7-13)11-12-8-9-15(18-2)14(16)10-12/h8-10,13H,3-7,11H2,1-2H3. The Kier molecular flexibility index (Phi) is 5.07. The topological polar surface area (TPSA) is 12.5 Å². The number of hydrogen-bond donors (Lipinski definition) is 0. The number of halogens is 1. The second-order valence-electron chi connectivity index (χ2n) is 5.18. The first-order valence-electron chi connectivity index (χ1n) is 6.73. The van der Waals surface area contributed by atoms with Gasteiger partial charge in [-0.15, -0.1) is 0 Å². The van der Waals surface area contributed by atoms with Crippen molar-refractivity contribution in [2.75, 3.05) is 14.2 Å². The second-order valence-corrected chi connectivity index (χ2v) is 6.03. The lowest BCUT2D eigenvalue weighted by Gasteiger charge is -2.31. The van der Waals surface area contributed by atoms with Crippen molar-refractivity contribution in [3.8, 4) is 5.75 Å². The Morgan fingerprint density at radius 3 is 2.61 bits per heavy atom. The van der Waals surface area contributed by atoms with E-state index in [1.54, 1.807) is 7.11 Å². The third-order valence-electron chi connectivity index (χ3n) is 3.85. The lowest BCUT2D eigenvalue weighted by atomic mass is 9.94. The number of nitrogens with zero attached hydrogens (tertiary/aromatic N) is 1. The number of rotatable bonds is 4. The van der Waals surface area contributed by atoms with E-state index < -0.39 is 0 Å². The molecule has 1 saturated carbocycles. The quantitative estimate of drug-likeness (QED) is 0.825. The van der Waals surface area contributed by atoms with Crippen molar-refractivity contribution >= 4 is 15.9 Å². The van der Waals surface area contributed by atoms with Crippen LogP contribution in [0.3, 0.4) is 0 Å². The molecule has 0 heterocycles. The Hall–Kier alpha value is -0.540. The van der Waals surface area contributed by atoms with Crippen molar-refractivity contribution in [3.63, 3.8) is 0 Å². The molecule has 3 heteroatoms.